The average molecular weight is 722 g/mol. The molecular formula is C46H91NO4. The van der Waals surface area contributed by atoms with Gasteiger partial charge < -0.3 is 14.4 Å². The van der Waals surface area contributed by atoms with Crippen molar-refractivity contribution in [3.05, 3.63) is 0 Å². The van der Waals surface area contributed by atoms with Crippen LogP contribution in [0.15, 0.2) is 0 Å². The van der Waals surface area contributed by atoms with E-state index in [2.05, 4.69) is 39.5 Å². The summed E-state index contributed by atoms with van der Waals surface area (Å²) < 4.78 is 11.5. The van der Waals surface area contributed by atoms with Gasteiger partial charge in [0, 0.05) is 19.4 Å². The molecule has 5 nitrogen and oxygen atoms in total. The van der Waals surface area contributed by atoms with Crippen LogP contribution in [0.2, 0.25) is 0 Å². The maximum Gasteiger partial charge on any atom is 0.306 e. The minimum Gasteiger partial charge on any atom is -0.466 e. The minimum absolute atomic E-state index is 0.00438. The Morgan fingerprint density at radius 1 is 0.451 bits per heavy atom. The molecule has 0 N–H and O–H groups in total. The van der Waals surface area contributed by atoms with Crippen LogP contribution in [0, 0.1) is 5.92 Å². The van der Waals surface area contributed by atoms with Crippen LogP contribution in [-0.2, 0) is 19.1 Å². The highest BCUT2D eigenvalue weighted by Crippen LogP contribution is 2.19. The van der Waals surface area contributed by atoms with E-state index in [1.165, 1.54) is 174 Å². The summed E-state index contributed by atoms with van der Waals surface area (Å²) in [5.74, 6) is 0.725. The molecule has 0 spiro atoms. The van der Waals surface area contributed by atoms with Crippen LogP contribution < -0.4 is 0 Å². The maximum atomic E-state index is 12.7. The Kier molecular flexibility index (Phi) is 39.2. The van der Waals surface area contributed by atoms with E-state index in [1.807, 2.05) is 0 Å². The fourth-order valence-corrected chi connectivity index (χ4v) is 7.21. The maximum absolute atomic E-state index is 12.7. The van der Waals surface area contributed by atoms with E-state index < -0.39 is 0 Å². The smallest absolute Gasteiger partial charge is 0.306 e. The molecule has 0 fully saturated rings. The molecule has 0 radical (unpaired) electrons. The Labute approximate surface area is 319 Å². The van der Waals surface area contributed by atoms with Gasteiger partial charge in [-0.15, -0.1) is 0 Å². The van der Waals surface area contributed by atoms with Crippen LogP contribution in [0.5, 0.6) is 0 Å². The van der Waals surface area contributed by atoms with Gasteiger partial charge >= 0.3 is 11.9 Å². The van der Waals surface area contributed by atoms with Gasteiger partial charge in [-0.05, 0) is 76.8 Å². The number of hydrogen-bond donors (Lipinski definition) is 0. The molecule has 0 rings (SSSR count). The van der Waals surface area contributed by atoms with Crippen molar-refractivity contribution in [2.45, 2.75) is 253 Å². The molecule has 0 aliphatic rings. The van der Waals surface area contributed by atoms with E-state index in [-0.39, 0.29) is 18.0 Å². The third-order valence-corrected chi connectivity index (χ3v) is 10.4. The molecule has 0 aromatic rings. The molecule has 0 atom stereocenters. The summed E-state index contributed by atoms with van der Waals surface area (Å²) in [6.45, 7) is 15.6. The molecule has 0 unspecified atom stereocenters. The lowest BCUT2D eigenvalue weighted by molar-refractivity contribution is -0.150. The number of esters is 2. The van der Waals surface area contributed by atoms with Crippen molar-refractivity contribution >= 4 is 11.9 Å². The zero-order chi connectivity index (χ0) is 37.5. The zero-order valence-electron chi connectivity index (χ0n) is 35.4. The third kappa shape index (κ3) is 38.4. The first-order valence-corrected chi connectivity index (χ1v) is 23.0. The first kappa shape index (κ1) is 49.9. The van der Waals surface area contributed by atoms with E-state index in [0.29, 0.717) is 25.4 Å². The summed E-state index contributed by atoms with van der Waals surface area (Å²) in [7, 11) is 0. The lowest BCUT2D eigenvalue weighted by Gasteiger charge is -2.24. The highest BCUT2D eigenvalue weighted by molar-refractivity contribution is 5.69. The van der Waals surface area contributed by atoms with Crippen LogP contribution in [0.25, 0.3) is 0 Å². The summed E-state index contributed by atoms with van der Waals surface area (Å²) in [6, 6.07) is 0. The van der Waals surface area contributed by atoms with Gasteiger partial charge in [-0.2, -0.15) is 0 Å². The van der Waals surface area contributed by atoms with Crippen molar-refractivity contribution in [2.24, 2.45) is 5.92 Å². The summed E-state index contributed by atoms with van der Waals surface area (Å²) in [5, 5.41) is 0. The van der Waals surface area contributed by atoms with Crippen molar-refractivity contribution in [2.75, 3.05) is 26.2 Å². The summed E-state index contributed by atoms with van der Waals surface area (Å²) in [6.07, 6.45) is 39.3. The molecule has 0 heterocycles. The average Bonchev–Trinajstić information content (AvgIpc) is 3.10. The van der Waals surface area contributed by atoms with Gasteiger partial charge in [0.25, 0.3) is 0 Å². The number of hydrogen-bond acceptors (Lipinski definition) is 5. The molecule has 0 aliphatic heterocycles. The van der Waals surface area contributed by atoms with Gasteiger partial charge in [0.1, 0.15) is 6.10 Å². The normalized spacial score (nSPS) is 11.7. The molecule has 0 aromatic heterocycles. The zero-order valence-corrected chi connectivity index (χ0v) is 35.4. The Morgan fingerprint density at radius 2 is 0.824 bits per heavy atom. The Bertz CT molecular complexity index is 710. The van der Waals surface area contributed by atoms with E-state index in [4.69, 9.17) is 9.47 Å². The second kappa shape index (κ2) is 40.1. The highest BCUT2D eigenvalue weighted by atomic mass is 16.5. The molecule has 0 aliphatic carbocycles. The van der Waals surface area contributed by atoms with E-state index in [0.717, 1.165) is 44.9 Å². The molecule has 304 valence electrons. The Hall–Kier alpha value is -1.10. The predicted octanol–water partition coefficient (Wildman–Crippen LogP) is 14.3. The van der Waals surface area contributed by atoms with E-state index >= 15 is 0 Å². The first-order valence-electron chi connectivity index (χ1n) is 23.0. The van der Waals surface area contributed by atoms with Crippen molar-refractivity contribution in [1.82, 2.24) is 4.90 Å². The van der Waals surface area contributed by atoms with Crippen molar-refractivity contribution < 1.29 is 19.1 Å². The van der Waals surface area contributed by atoms with Crippen molar-refractivity contribution in [3.8, 4) is 0 Å². The van der Waals surface area contributed by atoms with Gasteiger partial charge in [-0.25, -0.2) is 0 Å². The van der Waals surface area contributed by atoms with Crippen molar-refractivity contribution in [3.63, 3.8) is 0 Å². The molecule has 51 heavy (non-hydrogen) atoms. The third-order valence-electron chi connectivity index (χ3n) is 10.4. The molecule has 5 heteroatoms. The topological polar surface area (TPSA) is 55.8 Å². The van der Waals surface area contributed by atoms with Crippen LogP contribution in [0.3, 0.4) is 0 Å². The summed E-state index contributed by atoms with van der Waals surface area (Å²) in [4.78, 5) is 27.4. The molecule has 0 saturated heterocycles. The number of nitrogens with zero attached hydrogens (tertiary/aromatic N) is 1. The number of ether oxygens (including phenoxy) is 2. The van der Waals surface area contributed by atoms with Crippen molar-refractivity contribution in [1.29, 1.82) is 0 Å². The lowest BCUT2D eigenvalue weighted by atomic mass is 10.0. The molecule has 0 amide bonds. The van der Waals surface area contributed by atoms with Gasteiger partial charge in [-0.3, -0.25) is 9.59 Å². The van der Waals surface area contributed by atoms with E-state index in [9.17, 15) is 9.59 Å². The fraction of sp³-hybridized carbons (Fsp3) is 0.957. The van der Waals surface area contributed by atoms with Crippen LogP contribution in [0.1, 0.15) is 247 Å². The fourth-order valence-electron chi connectivity index (χ4n) is 7.21. The van der Waals surface area contributed by atoms with Crippen LogP contribution in [0.4, 0.5) is 0 Å². The number of unbranched alkanes of at least 4 members (excludes halogenated alkanes) is 24. The molecule has 0 aromatic carbocycles. The van der Waals surface area contributed by atoms with Gasteiger partial charge in [0.15, 0.2) is 0 Å². The predicted molar refractivity (Wildman–Crippen MR) is 221 cm³/mol. The van der Waals surface area contributed by atoms with Crippen LogP contribution >= 0.6 is 0 Å². The summed E-state index contributed by atoms with van der Waals surface area (Å²) in [5.41, 5.74) is 0. The molecule has 0 bridgehead atoms. The Balaban J connectivity index is 4.03. The largest absolute Gasteiger partial charge is 0.466 e. The Morgan fingerprint density at radius 3 is 1.27 bits per heavy atom. The number of carbonyl (C=O) groups is 2. The second-order valence-corrected chi connectivity index (χ2v) is 16.3. The molecule has 0 saturated carbocycles. The van der Waals surface area contributed by atoms with E-state index in [1.54, 1.807) is 0 Å². The summed E-state index contributed by atoms with van der Waals surface area (Å²) >= 11 is 0. The second-order valence-electron chi connectivity index (χ2n) is 16.3. The monoisotopic (exact) mass is 722 g/mol. The highest BCUT2D eigenvalue weighted by Gasteiger charge is 2.14. The molecular weight excluding hydrogens is 631 g/mol. The number of carbonyl (C=O) groups excluding carboxylic acids is 2. The standard InChI is InChI=1S/C46H91NO4/c1-6-9-12-15-18-27-34-41-50-45(48)37-30-23-19-25-32-39-47(42-43(4)5)40-33-26-20-24-31-38-46(49)51-44(35-28-21-16-13-10-7-2)36-29-22-17-14-11-8-3/h43-44H,6-42H2,1-5H3. The van der Waals surface area contributed by atoms with Crippen LogP contribution in [-0.4, -0.2) is 49.2 Å². The van der Waals surface area contributed by atoms with Gasteiger partial charge in [0.05, 0.1) is 6.61 Å². The van der Waals surface area contributed by atoms with Gasteiger partial charge in [-0.1, -0.05) is 176 Å². The van der Waals surface area contributed by atoms with Gasteiger partial charge in [0.2, 0.25) is 0 Å². The first-order chi connectivity index (χ1) is 24.9. The quantitative estimate of drug-likeness (QED) is 0.0465. The SMILES string of the molecule is CCCCCCCCCOC(=O)CCCCCCCN(CCCCCCCC(=O)OC(CCCCCCCC)CCCCCCCC)CC(C)C. The number of rotatable bonds is 41. The minimum atomic E-state index is -0.00438. The lowest BCUT2D eigenvalue weighted by Crippen LogP contribution is -2.30.